The fourth-order valence-corrected chi connectivity index (χ4v) is 4.02. The number of aliphatic hydroxyl groups is 1. The maximum atomic E-state index is 13.2. The highest BCUT2D eigenvalue weighted by Gasteiger charge is 2.47. The van der Waals surface area contributed by atoms with Crippen molar-refractivity contribution in [3.8, 4) is 5.75 Å². The van der Waals surface area contributed by atoms with Crippen molar-refractivity contribution in [2.75, 3.05) is 12.0 Å². The van der Waals surface area contributed by atoms with Crippen LogP contribution in [0.25, 0.3) is 5.76 Å². The van der Waals surface area contributed by atoms with Crippen LogP contribution in [0, 0.1) is 6.92 Å². The Labute approximate surface area is 185 Å². The molecule has 1 amide bonds. The third kappa shape index (κ3) is 3.68. The van der Waals surface area contributed by atoms with E-state index in [1.165, 1.54) is 4.90 Å². The monoisotopic (exact) mass is 433 g/mol. The van der Waals surface area contributed by atoms with Gasteiger partial charge in [0, 0.05) is 16.3 Å². The smallest absolute Gasteiger partial charge is 0.300 e. The van der Waals surface area contributed by atoms with Crippen LogP contribution in [0.1, 0.15) is 22.7 Å². The average molecular weight is 434 g/mol. The van der Waals surface area contributed by atoms with Gasteiger partial charge < -0.3 is 9.84 Å². The van der Waals surface area contributed by atoms with Crippen molar-refractivity contribution in [2.24, 2.45) is 0 Å². The Balaban J connectivity index is 1.99. The molecule has 4 rings (SSSR count). The SMILES string of the molecule is COc1cccc(C2/C(=C(/O)c3cccc(Cl)c3)C(=O)C(=O)N2c2ccccc2C)c1. The summed E-state index contributed by atoms with van der Waals surface area (Å²) in [5.74, 6) is -1.15. The molecule has 156 valence electrons. The molecule has 1 atom stereocenters. The molecule has 0 spiro atoms. The van der Waals surface area contributed by atoms with Crippen molar-refractivity contribution in [1.82, 2.24) is 0 Å². The number of para-hydroxylation sites is 1. The minimum Gasteiger partial charge on any atom is -0.507 e. The molecule has 1 N–H and O–H groups in total. The molecular formula is C25H20ClNO4. The number of hydrogen-bond acceptors (Lipinski definition) is 4. The Morgan fingerprint density at radius 3 is 2.45 bits per heavy atom. The number of ether oxygens (including phenoxy) is 1. The highest BCUT2D eigenvalue weighted by Crippen LogP contribution is 2.43. The summed E-state index contributed by atoms with van der Waals surface area (Å²) in [5.41, 5.74) is 2.44. The van der Waals surface area contributed by atoms with Crippen molar-refractivity contribution in [2.45, 2.75) is 13.0 Å². The van der Waals surface area contributed by atoms with Gasteiger partial charge in [-0.15, -0.1) is 0 Å². The molecule has 5 nitrogen and oxygen atoms in total. The van der Waals surface area contributed by atoms with E-state index in [1.807, 2.05) is 19.1 Å². The van der Waals surface area contributed by atoms with Gasteiger partial charge in [-0.2, -0.15) is 0 Å². The highest BCUT2D eigenvalue weighted by molar-refractivity contribution is 6.51. The van der Waals surface area contributed by atoms with Gasteiger partial charge in [0.05, 0.1) is 18.7 Å². The summed E-state index contributed by atoms with van der Waals surface area (Å²) in [4.78, 5) is 27.8. The van der Waals surface area contributed by atoms with Gasteiger partial charge in [-0.25, -0.2) is 0 Å². The lowest BCUT2D eigenvalue weighted by Crippen LogP contribution is -2.30. The first-order valence-corrected chi connectivity index (χ1v) is 10.1. The van der Waals surface area contributed by atoms with Crippen LogP contribution in [0.3, 0.4) is 0 Å². The second-order valence-corrected chi connectivity index (χ2v) is 7.68. The first kappa shape index (κ1) is 20.7. The lowest BCUT2D eigenvalue weighted by atomic mass is 9.94. The fourth-order valence-electron chi connectivity index (χ4n) is 3.83. The number of carbonyl (C=O) groups excluding carboxylic acids is 2. The Morgan fingerprint density at radius 2 is 1.74 bits per heavy atom. The molecule has 0 saturated carbocycles. The molecule has 1 aliphatic rings. The first-order valence-electron chi connectivity index (χ1n) is 9.69. The van der Waals surface area contributed by atoms with Crippen molar-refractivity contribution in [3.05, 3.63) is 100 Å². The number of aryl methyl sites for hydroxylation is 1. The summed E-state index contributed by atoms with van der Waals surface area (Å²) < 4.78 is 5.34. The van der Waals surface area contributed by atoms with Crippen LogP contribution >= 0.6 is 11.6 Å². The largest absolute Gasteiger partial charge is 0.507 e. The van der Waals surface area contributed by atoms with Crippen LogP contribution in [0.4, 0.5) is 5.69 Å². The molecular weight excluding hydrogens is 414 g/mol. The van der Waals surface area contributed by atoms with E-state index in [1.54, 1.807) is 67.8 Å². The number of carbonyl (C=O) groups is 2. The number of amides is 1. The molecule has 0 bridgehead atoms. The number of hydrogen-bond donors (Lipinski definition) is 1. The number of methoxy groups -OCH3 is 1. The van der Waals surface area contributed by atoms with Gasteiger partial charge in [0.2, 0.25) is 0 Å². The Hall–Kier alpha value is -3.57. The van der Waals surface area contributed by atoms with Gasteiger partial charge in [-0.1, -0.05) is 54.1 Å². The number of aliphatic hydroxyl groups excluding tert-OH is 1. The number of nitrogens with zero attached hydrogens (tertiary/aromatic N) is 1. The second kappa shape index (κ2) is 8.28. The minimum absolute atomic E-state index is 0.00349. The van der Waals surface area contributed by atoms with Crippen LogP contribution in [0.2, 0.25) is 5.02 Å². The molecule has 1 fully saturated rings. The molecule has 0 aromatic heterocycles. The zero-order valence-electron chi connectivity index (χ0n) is 17.0. The lowest BCUT2D eigenvalue weighted by Gasteiger charge is -2.27. The van der Waals surface area contributed by atoms with Crippen molar-refractivity contribution < 1.29 is 19.4 Å². The second-order valence-electron chi connectivity index (χ2n) is 7.24. The van der Waals surface area contributed by atoms with E-state index < -0.39 is 17.7 Å². The normalized spacial score (nSPS) is 17.8. The number of anilines is 1. The maximum Gasteiger partial charge on any atom is 0.300 e. The van der Waals surface area contributed by atoms with Gasteiger partial charge in [0.15, 0.2) is 0 Å². The van der Waals surface area contributed by atoms with E-state index in [9.17, 15) is 14.7 Å². The van der Waals surface area contributed by atoms with Crippen LogP contribution in [-0.4, -0.2) is 23.9 Å². The van der Waals surface area contributed by atoms with E-state index >= 15 is 0 Å². The minimum atomic E-state index is -0.824. The highest BCUT2D eigenvalue weighted by atomic mass is 35.5. The summed E-state index contributed by atoms with van der Waals surface area (Å²) in [6.07, 6.45) is 0. The van der Waals surface area contributed by atoms with Gasteiger partial charge in [0.25, 0.3) is 11.7 Å². The van der Waals surface area contributed by atoms with Gasteiger partial charge >= 0.3 is 0 Å². The molecule has 3 aromatic rings. The van der Waals surface area contributed by atoms with Crippen LogP contribution in [0.5, 0.6) is 5.75 Å². The molecule has 0 radical (unpaired) electrons. The molecule has 3 aromatic carbocycles. The van der Waals surface area contributed by atoms with Crippen molar-refractivity contribution in [1.29, 1.82) is 0 Å². The quantitative estimate of drug-likeness (QED) is 0.345. The van der Waals surface area contributed by atoms with E-state index in [2.05, 4.69) is 0 Å². The summed E-state index contributed by atoms with van der Waals surface area (Å²) >= 11 is 6.09. The predicted molar refractivity (Wildman–Crippen MR) is 120 cm³/mol. The Morgan fingerprint density at radius 1 is 1.00 bits per heavy atom. The number of benzene rings is 3. The maximum absolute atomic E-state index is 13.2. The van der Waals surface area contributed by atoms with Gasteiger partial charge in [-0.3, -0.25) is 14.5 Å². The van der Waals surface area contributed by atoms with E-state index in [0.717, 1.165) is 5.56 Å². The third-order valence-electron chi connectivity index (χ3n) is 5.33. The first-order chi connectivity index (χ1) is 14.9. The van der Waals surface area contributed by atoms with Crippen molar-refractivity contribution in [3.63, 3.8) is 0 Å². The summed E-state index contributed by atoms with van der Waals surface area (Å²) in [5, 5.41) is 11.5. The van der Waals surface area contributed by atoms with Crippen LogP contribution in [-0.2, 0) is 9.59 Å². The number of ketones is 1. The standard InChI is InChI=1S/C25H20ClNO4/c1-15-7-3-4-12-20(15)27-22(16-8-6-11-19(14-16)31-2)21(24(29)25(27)30)23(28)17-9-5-10-18(26)13-17/h3-14,22,28H,1-2H3/b23-21-. The summed E-state index contributed by atoms with van der Waals surface area (Å²) in [6, 6.07) is 20.2. The predicted octanol–water partition coefficient (Wildman–Crippen LogP) is 5.28. The van der Waals surface area contributed by atoms with Crippen LogP contribution in [0.15, 0.2) is 78.4 Å². The molecule has 1 saturated heterocycles. The Bertz CT molecular complexity index is 1220. The fraction of sp³-hybridized carbons (Fsp3) is 0.120. The zero-order chi connectivity index (χ0) is 22.1. The molecule has 1 heterocycles. The zero-order valence-corrected chi connectivity index (χ0v) is 17.8. The number of Topliss-reactive ketones (excluding diaryl/α,β-unsaturated/α-hetero) is 1. The number of rotatable bonds is 4. The molecule has 1 aliphatic heterocycles. The number of halogens is 1. The van der Waals surface area contributed by atoms with Gasteiger partial charge in [-0.05, 0) is 48.4 Å². The van der Waals surface area contributed by atoms with E-state index in [0.29, 0.717) is 27.6 Å². The molecule has 1 unspecified atom stereocenters. The topological polar surface area (TPSA) is 66.8 Å². The van der Waals surface area contributed by atoms with Gasteiger partial charge in [0.1, 0.15) is 11.5 Å². The van der Waals surface area contributed by atoms with Crippen molar-refractivity contribution >= 4 is 34.7 Å². The summed E-state index contributed by atoms with van der Waals surface area (Å²) in [7, 11) is 1.55. The van der Waals surface area contributed by atoms with E-state index in [4.69, 9.17) is 16.3 Å². The lowest BCUT2D eigenvalue weighted by molar-refractivity contribution is -0.132. The third-order valence-corrected chi connectivity index (χ3v) is 5.56. The summed E-state index contributed by atoms with van der Waals surface area (Å²) in [6.45, 7) is 1.87. The Kier molecular flexibility index (Phi) is 5.53. The molecule has 31 heavy (non-hydrogen) atoms. The average Bonchev–Trinajstić information content (AvgIpc) is 3.04. The van der Waals surface area contributed by atoms with Crippen LogP contribution < -0.4 is 9.64 Å². The molecule has 6 heteroatoms. The molecule has 0 aliphatic carbocycles. The van der Waals surface area contributed by atoms with E-state index in [-0.39, 0.29) is 11.3 Å².